The Bertz CT molecular complexity index is 740. The highest BCUT2D eigenvalue weighted by Gasteiger charge is 2.36. The molecule has 0 bridgehead atoms. The van der Waals surface area contributed by atoms with E-state index < -0.39 is 0 Å². The third-order valence-corrected chi connectivity index (χ3v) is 5.04. The lowest BCUT2D eigenvalue weighted by Gasteiger charge is -2.31. The van der Waals surface area contributed by atoms with E-state index in [2.05, 4.69) is 22.8 Å². The molecule has 2 amide bonds. The van der Waals surface area contributed by atoms with Crippen LogP contribution in [-0.2, 0) is 12.1 Å². The van der Waals surface area contributed by atoms with Crippen molar-refractivity contribution in [2.45, 2.75) is 37.8 Å². The first-order chi connectivity index (χ1) is 12.7. The van der Waals surface area contributed by atoms with Gasteiger partial charge in [0, 0.05) is 6.54 Å². The Balaban J connectivity index is 1.65. The van der Waals surface area contributed by atoms with Crippen molar-refractivity contribution in [3.8, 4) is 11.5 Å². The summed E-state index contributed by atoms with van der Waals surface area (Å²) in [5, 5.41) is 6.19. The highest BCUT2D eigenvalue weighted by atomic mass is 16.5. The predicted octanol–water partition coefficient (Wildman–Crippen LogP) is 3.97. The lowest BCUT2D eigenvalue weighted by Crippen LogP contribution is -2.48. The molecule has 0 aromatic heterocycles. The fourth-order valence-corrected chi connectivity index (χ4v) is 3.66. The molecule has 0 heterocycles. The summed E-state index contributed by atoms with van der Waals surface area (Å²) in [7, 11) is 3.21. The summed E-state index contributed by atoms with van der Waals surface area (Å²) in [6, 6.07) is 15.7. The van der Waals surface area contributed by atoms with Gasteiger partial charge in [-0.3, -0.25) is 0 Å². The van der Waals surface area contributed by atoms with Gasteiger partial charge in [0.05, 0.1) is 19.8 Å². The zero-order valence-electron chi connectivity index (χ0n) is 15.4. The van der Waals surface area contributed by atoms with E-state index in [0.717, 1.165) is 31.2 Å². The zero-order valence-corrected chi connectivity index (χ0v) is 15.4. The maximum absolute atomic E-state index is 12.6. The Morgan fingerprint density at radius 2 is 1.69 bits per heavy atom. The number of amides is 2. The van der Waals surface area contributed by atoms with Crippen molar-refractivity contribution in [1.82, 2.24) is 10.6 Å². The predicted molar refractivity (Wildman–Crippen MR) is 102 cm³/mol. The van der Waals surface area contributed by atoms with E-state index in [1.165, 1.54) is 5.56 Å². The van der Waals surface area contributed by atoms with Gasteiger partial charge in [0.25, 0.3) is 0 Å². The maximum atomic E-state index is 12.6. The second-order valence-electron chi connectivity index (χ2n) is 6.65. The van der Waals surface area contributed by atoms with Gasteiger partial charge < -0.3 is 20.1 Å². The van der Waals surface area contributed by atoms with Crippen molar-refractivity contribution in [3.63, 3.8) is 0 Å². The molecule has 0 spiro atoms. The average Bonchev–Trinajstić information content (AvgIpc) is 3.16. The topological polar surface area (TPSA) is 59.6 Å². The van der Waals surface area contributed by atoms with E-state index >= 15 is 0 Å². The molecule has 138 valence electrons. The average molecular weight is 354 g/mol. The molecule has 0 radical (unpaired) electrons. The Hall–Kier alpha value is -2.69. The molecule has 0 aliphatic heterocycles. The van der Waals surface area contributed by atoms with Crippen LogP contribution in [0.1, 0.15) is 36.8 Å². The van der Waals surface area contributed by atoms with Gasteiger partial charge in [0.2, 0.25) is 0 Å². The molecule has 2 N–H and O–H groups in total. The van der Waals surface area contributed by atoms with Crippen molar-refractivity contribution >= 4 is 6.03 Å². The van der Waals surface area contributed by atoms with Gasteiger partial charge in [0.15, 0.2) is 11.5 Å². The van der Waals surface area contributed by atoms with Crippen molar-refractivity contribution in [3.05, 3.63) is 59.7 Å². The molecule has 0 saturated heterocycles. The molecule has 2 aromatic rings. The Labute approximate surface area is 154 Å². The van der Waals surface area contributed by atoms with E-state index in [-0.39, 0.29) is 11.6 Å². The fourth-order valence-electron chi connectivity index (χ4n) is 3.66. The molecule has 1 fully saturated rings. The van der Waals surface area contributed by atoms with Crippen molar-refractivity contribution in [2.75, 3.05) is 14.2 Å². The van der Waals surface area contributed by atoms with Crippen LogP contribution in [0.5, 0.6) is 11.5 Å². The van der Waals surface area contributed by atoms with Crippen molar-refractivity contribution in [1.29, 1.82) is 0 Å². The minimum Gasteiger partial charge on any atom is -0.493 e. The first-order valence-corrected chi connectivity index (χ1v) is 8.99. The van der Waals surface area contributed by atoms with E-state index in [4.69, 9.17) is 9.47 Å². The number of benzene rings is 2. The van der Waals surface area contributed by atoms with Gasteiger partial charge in [-0.2, -0.15) is 0 Å². The quantitative estimate of drug-likeness (QED) is 0.825. The fraction of sp³-hybridized carbons (Fsp3) is 0.381. The molecule has 0 atom stereocenters. The molecular weight excluding hydrogens is 328 g/mol. The van der Waals surface area contributed by atoms with Crippen LogP contribution in [0.2, 0.25) is 0 Å². The largest absolute Gasteiger partial charge is 0.493 e. The third kappa shape index (κ3) is 3.93. The first-order valence-electron chi connectivity index (χ1n) is 8.99. The van der Waals surface area contributed by atoms with Gasteiger partial charge in [-0.05, 0) is 36.1 Å². The van der Waals surface area contributed by atoms with Gasteiger partial charge in [-0.25, -0.2) is 4.79 Å². The number of carbonyl (C=O) groups is 1. The van der Waals surface area contributed by atoms with E-state index in [9.17, 15) is 4.79 Å². The smallest absolute Gasteiger partial charge is 0.315 e. The first kappa shape index (κ1) is 18.1. The summed E-state index contributed by atoms with van der Waals surface area (Å²) in [4.78, 5) is 12.6. The summed E-state index contributed by atoms with van der Waals surface area (Å²) >= 11 is 0. The summed E-state index contributed by atoms with van der Waals surface area (Å²) in [5.41, 5.74) is 1.87. The van der Waals surface area contributed by atoms with Crippen LogP contribution < -0.4 is 20.1 Å². The highest BCUT2D eigenvalue weighted by Crippen LogP contribution is 2.38. The molecule has 5 nitrogen and oxygen atoms in total. The van der Waals surface area contributed by atoms with Crippen LogP contribution >= 0.6 is 0 Å². The molecule has 2 aromatic carbocycles. The summed E-state index contributed by atoms with van der Waals surface area (Å²) in [6.45, 7) is 0.428. The second kappa shape index (κ2) is 8.13. The normalized spacial score (nSPS) is 15.3. The number of hydrogen-bond donors (Lipinski definition) is 2. The second-order valence-corrected chi connectivity index (χ2v) is 6.65. The number of urea groups is 1. The Morgan fingerprint density at radius 1 is 1.00 bits per heavy atom. The van der Waals surface area contributed by atoms with Gasteiger partial charge in [0.1, 0.15) is 0 Å². The maximum Gasteiger partial charge on any atom is 0.315 e. The van der Waals surface area contributed by atoms with Crippen molar-refractivity contribution in [2.24, 2.45) is 0 Å². The molecule has 1 aliphatic carbocycles. The van der Waals surface area contributed by atoms with Crippen LogP contribution in [0.15, 0.2) is 48.5 Å². The molecule has 5 heteroatoms. The lowest BCUT2D eigenvalue weighted by atomic mass is 9.88. The number of rotatable bonds is 6. The van der Waals surface area contributed by atoms with E-state index in [0.29, 0.717) is 18.0 Å². The van der Waals surface area contributed by atoms with Gasteiger partial charge in [-0.1, -0.05) is 49.2 Å². The molecule has 1 aliphatic rings. The van der Waals surface area contributed by atoms with E-state index in [1.807, 2.05) is 36.4 Å². The number of ether oxygens (including phenoxy) is 2. The van der Waals surface area contributed by atoms with Crippen LogP contribution in [0.4, 0.5) is 4.79 Å². The number of hydrogen-bond acceptors (Lipinski definition) is 3. The van der Waals surface area contributed by atoms with Gasteiger partial charge >= 0.3 is 6.03 Å². The molecule has 1 saturated carbocycles. The summed E-state index contributed by atoms with van der Waals surface area (Å²) in [6.07, 6.45) is 4.21. The minimum absolute atomic E-state index is 0.148. The number of methoxy groups -OCH3 is 2. The summed E-state index contributed by atoms with van der Waals surface area (Å²) < 4.78 is 10.6. The van der Waals surface area contributed by atoms with Crippen LogP contribution in [0, 0.1) is 0 Å². The van der Waals surface area contributed by atoms with Crippen LogP contribution in [-0.4, -0.2) is 20.3 Å². The molecule has 26 heavy (non-hydrogen) atoms. The molecule has 0 unspecified atom stereocenters. The van der Waals surface area contributed by atoms with Crippen LogP contribution in [0.25, 0.3) is 0 Å². The monoisotopic (exact) mass is 354 g/mol. The third-order valence-electron chi connectivity index (χ3n) is 5.04. The SMILES string of the molecule is COc1ccc(CNC(=O)NC2(c3ccccc3)CCCC2)cc1OC. The zero-order chi connectivity index (χ0) is 18.4. The number of nitrogens with one attached hydrogen (secondary N) is 2. The lowest BCUT2D eigenvalue weighted by molar-refractivity contribution is 0.224. The standard InChI is InChI=1S/C21H26N2O3/c1-25-18-11-10-16(14-19(18)26-2)15-22-20(24)23-21(12-6-7-13-21)17-8-4-3-5-9-17/h3-5,8-11,14H,6-7,12-13,15H2,1-2H3,(H2,22,23,24). The van der Waals surface area contributed by atoms with E-state index in [1.54, 1.807) is 14.2 Å². The Kier molecular flexibility index (Phi) is 5.66. The van der Waals surface area contributed by atoms with Crippen molar-refractivity contribution < 1.29 is 14.3 Å². The minimum atomic E-state index is -0.261. The highest BCUT2D eigenvalue weighted by molar-refractivity contribution is 5.75. The Morgan fingerprint density at radius 3 is 2.35 bits per heavy atom. The van der Waals surface area contributed by atoms with Crippen LogP contribution in [0.3, 0.4) is 0 Å². The number of carbonyl (C=O) groups excluding carboxylic acids is 1. The van der Waals surface area contributed by atoms with Gasteiger partial charge in [-0.15, -0.1) is 0 Å². The molecular formula is C21H26N2O3. The summed E-state index contributed by atoms with van der Waals surface area (Å²) in [5.74, 6) is 1.33. The molecule has 3 rings (SSSR count).